The van der Waals surface area contributed by atoms with Gasteiger partial charge >= 0.3 is 0 Å². The topological polar surface area (TPSA) is 0 Å². The lowest BCUT2D eigenvalue weighted by atomic mass is 10.5. The third-order valence-electron chi connectivity index (χ3n) is 0.866. The van der Waals surface area contributed by atoms with Crippen LogP contribution in [-0.2, 0) is 0 Å². The highest BCUT2D eigenvalue weighted by atomic mass is 13.5. The highest BCUT2D eigenvalue weighted by Crippen LogP contribution is 1.67. The van der Waals surface area contributed by atoms with Gasteiger partial charge in [0.25, 0.3) is 0 Å². The number of rotatable bonds is 3. The molecule has 22 heavy (non-hydrogen) atoms. The fraction of sp³-hybridized carbons (Fsp3) is 0.727. The monoisotopic (exact) mass is 320 g/mol. The van der Waals surface area contributed by atoms with E-state index in [2.05, 4.69) is 68.2 Å². The minimum atomic E-state index is 0. The molecule has 0 heterocycles. The van der Waals surface area contributed by atoms with Gasteiger partial charge in [-0.3, -0.25) is 0 Å². The highest BCUT2D eigenvalue weighted by Gasteiger charge is 1.46. The van der Waals surface area contributed by atoms with Crippen LogP contribution in [0.15, 0.2) is 38.0 Å². The Kier molecular flexibility index (Phi) is 378. The quantitative estimate of drug-likeness (QED) is 0.453. The third kappa shape index (κ3) is 1290. The summed E-state index contributed by atoms with van der Waals surface area (Å²) in [6.45, 7) is 25.1. The molecule has 0 radical (unpaired) electrons. The zero-order valence-electron chi connectivity index (χ0n) is 14.4. The molecular weight excluding hydrogens is 264 g/mol. The first-order chi connectivity index (χ1) is 8.57. The Balaban J connectivity index is -0.0000000132. The van der Waals surface area contributed by atoms with Crippen LogP contribution in [0, 0.1) is 0 Å². The van der Waals surface area contributed by atoms with Gasteiger partial charge < -0.3 is 0 Å². The molecule has 0 fully saturated rings. The van der Waals surface area contributed by atoms with Gasteiger partial charge in [-0.1, -0.05) is 109 Å². The molecule has 0 nitrogen and oxygen atoms in total. The molecule has 0 unspecified atom stereocenters. The Morgan fingerprint density at radius 3 is 0.500 bits per heavy atom. The van der Waals surface area contributed by atoms with Crippen molar-refractivity contribution in [2.75, 3.05) is 0 Å². The van der Waals surface area contributed by atoms with Crippen molar-refractivity contribution in [3.05, 3.63) is 38.0 Å². The summed E-state index contributed by atoms with van der Waals surface area (Å²) in [6.07, 6.45) is 11.4. The van der Waals surface area contributed by atoms with Crippen LogP contribution >= 0.6 is 0 Å². The molecule has 0 N–H and O–H groups in total. The first-order valence-electron chi connectivity index (χ1n) is 7.40. The van der Waals surface area contributed by atoms with Crippen molar-refractivity contribution in [3.63, 3.8) is 0 Å². The van der Waals surface area contributed by atoms with Crippen LogP contribution in [0.4, 0.5) is 0 Å². The molecule has 0 bridgehead atoms. The molecule has 0 aliphatic heterocycles. The molecule has 0 aliphatic rings. The van der Waals surface area contributed by atoms with Crippen molar-refractivity contribution in [1.82, 2.24) is 0 Å². The average Bonchev–Trinajstić information content (AvgIpc) is 2.40. The molecule has 0 amide bonds. The maximum Gasteiger partial charge on any atom is -0.0382 e. The van der Waals surface area contributed by atoms with Gasteiger partial charge in [0.05, 0.1) is 0 Å². The Morgan fingerprint density at radius 2 is 0.500 bits per heavy atom. The van der Waals surface area contributed by atoms with E-state index in [9.17, 15) is 0 Å². The third-order valence-corrected chi connectivity index (χ3v) is 0.866. The van der Waals surface area contributed by atoms with Crippen molar-refractivity contribution >= 4 is 0 Å². The van der Waals surface area contributed by atoms with Gasteiger partial charge in [0.1, 0.15) is 0 Å². The summed E-state index contributed by atoms with van der Waals surface area (Å²) in [5, 5.41) is 0. The van der Waals surface area contributed by atoms with Gasteiger partial charge in [0, 0.05) is 0 Å². The van der Waals surface area contributed by atoms with Crippen LogP contribution in [0.2, 0.25) is 0 Å². The lowest BCUT2D eigenvalue weighted by Gasteiger charge is -1.57. The summed E-state index contributed by atoms with van der Waals surface area (Å²) >= 11 is 0. The van der Waals surface area contributed by atoms with E-state index in [0.717, 1.165) is 19.3 Å². The Labute approximate surface area is 148 Å². The summed E-state index contributed by atoms with van der Waals surface area (Å²) in [5.41, 5.74) is 0. The van der Waals surface area contributed by atoms with E-state index in [1.54, 1.807) is 0 Å². The number of hydrogen-bond donors (Lipinski definition) is 0. The van der Waals surface area contributed by atoms with E-state index in [4.69, 9.17) is 0 Å². The molecule has 0 aromatic rings. The smallest absolute Gasteiger partial charge is 0.0382 e. The fourth-order valence-corrected chi connectivity index (χ4v) is 0. The van der Waals surface area contributed by atoms with E-state index in [0.29, 0.717) is 0 Å². The fourth-order valence-electron chi connectivity index (χ4n) is 0. The molecule has 0 aromatic carbocycles. The molecule has 0 saturated heterocycles. The van der Waals surface area contributed by atoms with E-state index >= 15 is 0 Å². The second-order valence-electron chi connectivity index (χ2n) is 3.50. The predicted molar refractivity (Wildman–Crippen MR) is 120 cm³/mol. The molecular formula is C22H56. The first-order valence-corrected chi connectivity index (χ1v) is 7.40. The van der Waals surface area contributed by atoms with Crippen LogP contribution in [0.3, 0.4) is 0 Å². The second-order valence-corrected chi connectivity index (χ2v) is 3.50. The number of allylic oxidation sites excluding steroid dienone is 3. The standard InChI is InChI=1S/3C4H8.2C3H8.4CH4/c3*1-3-4-2;2*1-3-2;;;;/h3*3H,1,4H2,2H3;2*3H2,1-2H3;4*1H4. The maximum atomic E-state index is 3.48. The van der Waals surface area contributed by atoms with Gasteiger partial charge in [-0.05, 0) is 19.3 Å². The lowest BCUT2D eigenvalue weighted by molar-refractivity contribution is 1.09. The van der Waals surface area contributed by atoms with Crippen molar-refractivity contribution in [2.24, 2.45) is 0 Å². The Hall–Kier alpha value is -0.780. The molecule has 0 aromatic heterocycles. The molecule has 0 atom stereocenters. The second kappa shape index (κ2) is 143. The van der Waals surface area contributed by atoms with E-state index in [1.165, 1.54) is 12.8 Å². The zero-order valence-corrected chi connectivity index (χ0v) is 14.4. The van der Waals surface area contributed by atoms with Crippen LogP contribution in [0.5, 0.6) is 0 Å². The summed E-state index contributed by atoms with van der Waals surface area (Å²) in [4.78, 5) is 0. The summed E-state index contributed by atoms with van der Waals surface area (Å²) in [5.74, 6) is 0. The van der Waals surface area contributed by atoms with Gasteiger partial charge in [0.15, 0.2) is 0 Å². The lowest BCUT2D eigenvalue weighted by Crippen LogP contribution is -1.36. The molecule has 0 rings (SSSR count). The Bertz CT molecular complexity index is 79.6. The van der Waals surface area contributed by atoms with Crippen molar-refractivity contribution in [3.8, 4) is 0 Å². The van der Waals surface area contributed by atoms with Crippen LogP contribution in [0.1, 0.15) is 110 Å². The van der Waals surface area contributed by atoms with Crippen LogP contribution in [0.25, 0.3) is 0 Å². The van der Waals surface area contributed by atoms with Crippen molar-refractivity contribution in [1.29, 1.82) is 0 Å². The average molecular weight is 321 g/mol. The number of hydrogen-bond acceptors (Lipinski definition) is 0. The first kappa shape index (κ1) is 58.1. The minimum Gasteiger partial charge on any atom is -0.103 e. The molecule has 0 saturated carbocycles. The van der Waals surface area contributed by atoms with Gasteiger partial charge in [0.2, 0.25) is 0 Å². The largest absolute Gasteiger partial charge is 0.103 e. The molecule has 0 aliphatic carbocycles. The van der Waals surface area contributed by atoms with Gasteiger partial charge in [-0.2, -0.15) is 0 Å². The SMILES string of the molecule is C.C.C.C.C=CCC.C=CCC.C=CCC.CCC.CCC. The minimum absolute atomic E-state index is 0. The predicted octanol–water partition coefficient (Wildman–Crippen LogP) is 10.1. The van der Waals surface area contributed by atoms with Crippen molar-refractivity contribution in [2.45, 2.75) is 110 Å². The van der Waals surface area contributed by atoms with E-state index in [-0.39, 0.29) is 29.7 Å². The summed E-state index contributed by atoms with van der Waals surface area (Å²) < 4.78 is 0. The van der Waals surface area contributed by atoms with Gasteiger partial charge in [-0.25, -0.2) is 0 Å². The van der Waals surface area contributed by atoms with Crippen LogP contribution in [-0.4, -0.2) is 0 Å². The van der Waals surface area contributed by atoms with Gasteiger partial charge in [-0.15, -0.1) is 19.7 Å². The van der Waals surface area contributed by atoms with E-state index < -0.39 is 0 Å². The molecule has 0 spiro atoms. The molecule has 0 heteroatoms. The highest BCUT2D eigenvalue weighted by molar-refractivity contribution is 4.60. The van der Waals surface area contributed by atoms with Crippen LogP contribution < -0.4 is 0 Å². The normalized spacial score (nSPS) is 5.05. The maximum absolute atomic E-state index is 3.48. The van der Waals surface area contributed by atoms with E-state index in [1.807, 2.05) is 18.2 Å². The summed E-state index contributed by atoms with van der Waals surface area (Å²) in [7, 11) is 0. The zero-order chi connectivity index (χ0) is 15.7. The summed E-state index contributed by atoms with van der Waals surface area (Å²) in [6, 6.07) is 0. The Morgan fingerprint density at radius 1 is 0.455 bits per heavy atom. The molecule has 144 valence electrons. The van der Waals surface area contributed by atoms with Crippen molar-refractivity contribution < 1.29 is 0 Å².